The molecule has 1 aromatic heterocycles. The Labute approximate surface area is 123 Å². The second kappa shape index (κ2) is 7.54. The van der Waals surface area contributed by atoms with Crippen LogP contribution in [0, 0.1) is 5.82 Å². The zero-order chi connectivity index (χ0) is 15.1. The summed E-state index contributed by atoms with van der Waals surface area (Å²) in [5.41, 5.74) is 0.576. The highest BCUT2D eigenvalue weighted by molar-refractivity contribution is 5.90. The van der Waals surface area contributed by atoms with E-state index in [1.54, 1.807) is 17.0 Å². The molecule has 0 spiro atoms. The first-order valence-electron chi connectivity index (χ1n) is 6.95. The van der Waals surface area contributed by atoms with Crippen LogP contribution in [0.25, 0.3) is 0 Å². The Morgan fingerprint density at radius 3 is 2.81 bits per heavy atom. The molecule has 0 fully saturated rings. The Morgan fingerprint density at radius 1 is 1.33 bits per heavy atom. The van der Waals surface area contributed by atoms with Gasteiger partial charge in [0.25, 0.3) is 0 Å². The molecule has 0 aliphatic heterocycles. The zero-order valence-electron chi connectivity index (χ0n) is 12.0. The highest BCUT2D eigenvalue weighted by Crippen LogP contribution is 2.08. The second-order valence-corrected chi connectivity index (χ2v) is 4.70. The van der Waals surface area contributed by atoms with Crippen LogP contribution < -0.4 is 10.6 Å². The zero-order valence-corrected chi connectivity index (χ0v) is 12.0. The number of hydrogen-bond acceptors (Lipinski definition) is 3. The van der Waals surface area contributed by atoms with E-state index in [2.05, 4.69) is 22.5 Å². The number of carbonyl (C=O) groups is 1. The Morgan fingerprint density at radius 2 is 2.10 bits per heavy atom. The maximum absolute atomic E-state index is 12.8. The van der Waals surface area contributed by atoms with E-state index in [1.807, 2.05) is 0 Å². The van der Waals surface area contributed by atoms with Gasteiger partial charge in [0.15, 0.2) is 0 Å². The van der Waals surface area contributed by atoms with Gasteiger partial charge in [-0.25, -0.2) is 9.37 Å². The number of benzene rings is 1. The molecule has 21 heavy (non-hydrogen) atoms. The lowest BCUT2D eigenvalue weighted by Crippen LogP contribution is -2.22. The first kappa shape index (κ1) is 15.2. The fraction of sp³-hybridized carbons (Fsp3) is 0.333. The highest BCUT2D eigenvalue weighted by Gasteiger charge is 2.08. The summed E-state index contributed by atoms with van der Waals surface area (Å²) in [7, 11) is 0. The minimum atomic E-state index is -0.327. The number of amides is 1. The topological polar surface area (TPSA) is 59.0 Å². The molecule has 0 aliphatic rings. The van der Waals surface area contributed by atoms with Gasteiger partial charge in [-0.1, -0.05) is 6.92 Å². The van der Waals surface area contributed by atoms with Gasteiger partial charge in [-0.2, -0.15) is 0 Å². The number of hydrogen-bond donors (Lipinski definition) is 2. The third kappa shape index (κ3) is 4.68. The van der Waals surface area contributed by atoms with Crippen LogP contribution in [0.4, 0.5) is 10.1 Å². The van der Waals surface area contributed by atoms with Crippen molar-refractivity contribution in [3.63, 3.8) is 0 Å². The first-order valence-corrected chi connectivity index (χ1v) is 6.95. The standard InChI is InChI=1S/C15H19FN4O/c1-2-7-17-10-14-18-8-9-20(14)11-15(21)19-13-5-3-12(16)4-6-13/h3-6,8-9,17H,2,7,10-11H2,1H3,(H,19,21). The van der Waals surface area contributed by atoms with Crippen LogP contribution in [-0.2, 0) is 17.9 Å². The number of aromatic nitrogens is 2. The number of nitrogens with zero attached hydrogens (tertiary/aromatic N) is 2. The van der Waals surface area contributed by atoms with E-state index < -0.39 is 0 Å². The molecule has 0 radical (unpaired) electrons. The van der Waals surface area contributed by atoms with Crippen molar-refractivity contribution in [2.45, 2.75) is 26.4 Å². The van der Waals surface area contributed by atoms with Crippen LogP contribution in [0.3, 0.4) is 0 Å². The molecular weight excluding hydrogens is 271 g/mol. The number of rotatable bonds is 7. The van der Waals surface area contributed by atoms with E-state index in [1.165, 1.54) is 24.3 Å². The Bertz CT molecular complexity index is 580. The molecule has 2 N–H and O–H groups in total. The van der Waals surface area contributed by atoms with Gasteiger partial charge >= 0.3 is 0 Å². The van der Waals surface area contributed by atoms with Crippen LogP contribution >= 0.6 is 0 Å². The quantitative estimate of drug-likeness (QED) is 0.768. The molecule has 112 valence electrons. The molecule has 0 saturated carbocycles. The summed E-state index contributed by atoms with van der Waals surface area (Å²) in [6.45, 7) is 3.81. The van der Waals surface area contributed by atoms with Gasteiger partial charge in [0.05, 0.1) is 6.54 Å². The lowest BCUT2D eigenvalue weighted by molar-refractivity contribution is -0.116. The molecule has 1 aromatic carbocycles. The average Bonchev–Trinajstić information content (AvgIpc) is 2.89. The smallest absolute Gasteiger partial charge is 0.244 e. The number of imidazole rings is 1. The van der Waals surface area contributed by atoms with Gasteiger partial charge in [-0.05, 0) is 37.2 Å². The largest absolute Gasteiger partial charge is 0.325 e. The summed E-state index contributed by atoms with van der Waals surface area (Å²) in [6.07, 6.45) is 4.49. The summed E-state index contributed by atoms with van der Waals surface area (Å²) in [5, 5.41) is 5.98. The van der Waals surface area contributed by atoms with Crippen molar-refractivity contribution in [2.75, 3.05) is 11.9 Å². The lowest BCUT2D eigenvalue weighted by Gasteiger charge is -2.09. The van der Waals surface area contributed by atoms with Crippen molar-refractivity contribution in [3.05, 3.63) is 48.3 Å². The first-order chi connectivity index (χ1) is 10.2. The molecule has 5 nitrogen and oxygen atoms in total. The van der Waals surface area contributed by atoms with Crippen LogP contribution in [0.5, 0.6) is 0 Å². The second-order valence-electron chi connectivity index (χ2n) is 4.70. The normalized spacial score (nSPS) is 10.6. The minimum absolute atomic E-state index is 0.170. The summed E-state index contributed by atoms with van der Waals surface area (Å²) >= 11 is 0. The van der Waals surface area contributed by atoms with E-state index in [9.17, 15) is 9.18 Å². The van der Waals surface area contributed by atoms with Gasteiger partial charge in [0, 0.05) is 18.1 Å². The predicted octanol–water partition coefficient (Wildman–Crippen LogP) is 2.16. The van der Waals surface area contributed by atoms with Crippen molar-refractivity contribution >= 4 is 11.6 Å². The van der Waals surface area contributed by atoms with Crippen LogP contribution in [-0.4, -0.2) is 22.0 Å². The summed E-state index contributed by atoms with van der Waals surface area (Å²) in [6, 6.07) is 5.69. The molecule has 1 amide bonds. The van der Waals surface area contributed by atoms with Crippen molar-refractivity contribution in [2.24, 2.45) is 0 Å². The lowest BCUT2D eigenvalue weighted by atomic mass is 10.3. The monoisotopic (exact) mass is 290 g/mol. The van der Waals surface area contributed by atoms with Gasteiger partial charge in [-0.3, -0.25) is 4.79 Å². The van der Waals surface area contributed by atoms with E-state index in [4.69, 9.17) is 0 Å². The molecular formula is C15H19FN4O. The Hall–Kier alpha value is -2.21. The third-order valence-corrected chi connectivity index (χ3v) is 2.95. The fourth-order valence-electron chi connectivity index (χ4n) is 1.92. The summed E-state index contributed by atoms with van der Waals surface area (Å²) in [4.78, 5) is 16.2. The molecule has 2 aromatic rings. The number of nitrogens with one attached hydrogen (secondary N) is 2. The third-order valence-electron chi connectivity index (χ3n) is 2.95. The van der Waals surface area contributed by atoms with E-state index >= 15 is 0 Å². The van der Waals surface area contributed by atoms with Crippen LogP contribution in [0.15, 0.2) is 36.7 Å². The number of anilines is 1. The molecule has 0 saturated heterocycles. The molecule has 0 aliphatic carbocycles. The van der Waals surface area contributed by atoms with E-state index in [0.717, 1.165) is 18.8 Å². The van der Waals surface area contributed by atoms with Crippen molar-refractivity contribution in [3.8, 4) is 0 Å². The van der Waals surface area contributed by atoms with Crippen LogP contribution in [0.1, 0.15) is 19.2 Å². The fourth-order valence-corrected chi connectivity index (χ4v) is 1.92. The van der Waals surface area contributed by atoms with Crippen molar-refractivity contribution in [1.82, 2.24) is 14.9 Å². The molecule has 1 heterocycles. The Balaban J connectivity index is 1.90. The molecule has 0 atom stereocenters. The SMILES string of the molecule is CCCNCc1nccn1CC(=O)Nc1ccc(F)cc1. The average molecular weight is 290 g/mol. The van der Waals surface area contributed by atoms with E-state index in [-0.39, 0.29) is 18.3 Å². The molecule has 6 heteroatoms. The highest BCUT2D eigenvalue weighted by atomic mass is 19.1. The predicted molar refractivity (Wildman–Crippen MR) is 79.3 cm³/mol. The molecule has 0 bridgehead atoms. The van der Waals surface area contributed by atoms with Crippen molar-refractivity contribution < 1.29 is 9.18 Å². The van der Waals surface area contributed by atoms with Gasteiger partial charge in [-0.15, -0.1) is 0 Å². The van der Waals surface area contributed by atoms with Gasteiger partial charge in [0.1, 0.15) is 18.2 Å². The van der Waals surface area contributed by atoms with Gasteiger partial charge < -0.3 is 15.2 Å². The van der Waals surface area contributed by atoms with Crippen molar-refractivity contribution in [1.29, 1.82) is 0 Å². The van der Waals surface area contributed by atoms with Crippen LogP contribution in [0.2, 0.25) is 0 Å². The summed E-state index contributed by atoms with van der Waals surface area (Å²) < 4.78 is 14.6. The summed E-state index contributed by atoms with van der Waals surface area (Å²) in [5.74, 6) is 0.320. The van der Waals surface area contributed by atoms with E-state index in [0.29, 0.717) is 12.2 Å². The minimum Gasteiger partial charge on any atom is -0.325 e. The Kier molecular flexibility index (Phi) is 5.45. The maximum Gasteiger partial charge on any atom is 0.244 e. The molecule has 0 unspecified atom stereocenters. The molecule has 2 rings (SSSR count). The number of halogens is 1. The number of carbonyl (C=O) groups excluding carboxylic acids is 1. The maximum atomic E-state index is 12.8. The van der Waals surface area contributed by atoms with Gasteiger partial charge in [0.2, 0.25) is 5.91 Å².